The van der Waals surface area contributed by atoms with Crippen molar-refractivity contribution in [3.05, 3.63) is 28.8 Å². The van der Waals surface area contributed by atoms with Gasteiger partial charge in [-0.3, -0.25) is 4.99 Å². The van der Waals surface area contributed by atoms with Crippen molar-refractivity contribution in [2.45, 2.75) is 19.6 Å². The highest BCUT2D eigenvalue weighted by molar-refractivity contribution is 14.0. The number of hydrogen-bond acceptors (Lipinski definition) is 3. The maximum atomic E-state index is 12.4. The van der Waals surface area contributed by atoms with Crippen LogP contribution in [0.4, 0.5) is 8.78 Å². The van der Waals surface area contributed by atoms with E-state index in [1.165, 1.54) is 12.1 Å². The Bertz CT molecular complexity index is 518. The minimum absolute atomic E-state index is 0. The monoisotopic (exact) mass is 476 g/mol. The van der Waals surface area contributed by atoms with E-state index in [-0.39, 0.29) is 36.3 Å². The van der Waals surface area contributed by atoms with Crippen molar-refractivity contribution in [1.29, 1.82) is 0 Å². The molecule has 0 aliphatic heterocycles. The number of nitrogens with zero attached hydrogens (tertiary/aromatic N) is 2. The molecule has 0 aliphatic rings. The highest BCUT2D eigenvalue weighted by Crippen LogP contribution is 2.24. The van der Waals surface area contributed by atoms with Crippen LogP contribution in [0.1, 0.15) is 12.0 Å². The third-order valence-electron chi connectivity index (χ3n) is 2.98. The topological polar surface area (TPSA) is 48.9 Å². The lowest BCUT2D eigenvalue weighted by molar-refractivity contribution is -0.0504. The molecule has 0 aliphatic carbocycles. The highest BCUT2D eigenvalue weighted by Gasteiger charge is 2.10. The molecule has 2 N–H and O–H groups in total. The normalized spacial score (nSPS) is 11.4. The fourth-order valence-electron chi connectivity index (χ4n) is 1.90. The summed E-state index contributed by atoms with van der Waals surface area (Å²) in [4.78, 5) is 6.19. The van der Waals surface area contributed by atoms with Crippen molar-refractivity contribution in [1.82, 2.24) is 15.5 Å². The average Bonchev–Trinajstić information content (AvgIpc) is 2.48. The van der Waals surface area contributed by atoms with E-state index in [1.54, 1.807) is 13.1 Å². The zero-order valence-electron chi connectivity index (χ0n) is 14.0. The van der Waals surface area contributed by atoms with E-state index in [1.807, 2.05) is 14.1 Å². The van der Waals surface area contributed by atoms with Gasteiger partial charge in [0, 0.05) is 30.7 Å². The number of benzene rings is 1. The largest absolute Gasteiger partial charge is 0.434 e. The van der Waals surface area contributed by atoms with Gasteiger partial charge in [-0.1, -0.05) is 11.6 Å². The summed E-state index contributed by atoms with van der Waals surface area (Å²) in [5.74, 6) is 0.687. The van der Waals surface area contributed by atoms with E-state index < -0.39 is 6.61 Å². The first-order valence-electron chi connectivity index (χ1n) is 7.25. The van der Waals surface area contributed by atoms with Gasteiger partial charge in [-0.25, -0.2) is 0 Å². The Morgan fingerprint density at radius 1 is 1.33 bits per heavy atom. The van der Waals surface area contributed by atoms with E-state index in [4.69, 9.17) is 11.6 Å². The van der Waals surface area contributed by atoms with Crippen LogP contribution in [0.15, 0.2) is 23.2 Å². The number of guanidine groups is 1. The Balaban J connectivity index is 0.00000529. The number of ether oxygens (including phenoxy) is 1. The summed E-state index contributed by atoms with van der Waals surface area (Å²) in [7, 11) is 5.67. The summed E-state index contributed by atoms with van der Waals surface area (Å²) >= 11 is 5.91. The lowest BCUT2D eigenvalue weighted by Crippen LogP contribution is -2.38. The van der Waals surface area contributed by atoms with Gasteiger partial charge in [0.1, 0.15) is 5.75 Å². The molecule has 0 aromatic heterocycles. The maximum absolute atomic E-state index is 12.4. The van der Waals surface area contributed by atoms with Gasteiger partial charge in [-0.15, -0.1) is 24.0 Å². The first-order chi connectivity index (χ1) is 10.9. The van der Waals surface area contributed by atoms with Crippen LogP contribution >= 0.6 is 35.6 Å². The van der Waals surface area contributed by atoms with Crippen LogP contribution in [0.3, 0.4) is 0 Å². The molecule has 0 radical (unpaired) electrons. The Morgan fingerprint density at radius 3 is 2.62 bits per heavy atom. The smallest absolute Gasteiger partial charge is 0.387 e. The SMILES string of the molecule is CN=C(NCCCN(C)C)NCc1cc(Cl)ccc1OC(F)F.I. The second-order valence-corrected chi connectivity index (χ2v) is 5.58. The second-order valence-electron chi connectivity index (χ2n) is 5.14. The number of aliphatic imine (C=N–C) groups is 1. The summed E-state index contributed by atoms with van der Waals surface area (Å²) in [6.45, 7) is -0.882. The molecule has 0 saturated carbocycles. The van der Waals surface area contributed by atoms with Gasteiger partial charge in [0.25, 0.3) is 0 Å². The Morgan fingerprint density at radius 2 is 2.04 bits per heavy atom. The lowest BCUT2D eigenvalue weighted by Gasteiger charge is -2.15. The molecule has 0 saturated heterocycles. The van der Waals surface area contributed by atoms with E-state index >= 15 is 0 Å². The Kier molecular flexibility index (Phi) is 12.0. The molecule has 138 valence electrons. The zero-order valence-corrected chi connectivity index (χ0v) is 17.1. The molecule has 1 rings (SSSR count). The van der Waals surface area contributed by atoms with Gasteiger partial charge in [-0.05, 0) is 45.3 Å². The predicted molar refractivity (Wildman–Crippen MR) is 105 cm³/mol. The molecule has 9 heteroatoms. The van der Waals surface area contributed by atoms with Crippen molar-refractivity contribution in [2.75, 3.05) is 34.2 Å². The van der Waals surface area contributed by atoms with Gasteiger partial charge in [-0.2, -0.15) is 8.78 Å². The van der Waals surface area contributed by atoms with Gasteiger partial charge >= 0.3 is 6.61 Å². The van der Waals surface area contributed by atoms with Gasteiger partial charge in [0.15, 0.2) is 5.96 Å². The number of rotatable bonds is 8. The molecule has 0 amide bonds. The van der Waals surface area contributed by atoms with Crippen LogP contribution in [-0.4, -0.2) is 51.7 Å². The lowest BCUT2D eigenvalue weighted by atomic mass is 10.2. The summed E-state index contributed by atoms with van der Waals surface area (Å²) < 4.78 is 29.3. The number of alkyl halides is 2. The Hall–Kier alpha value is -0.870. The van der Waals surface area contributed by atoms with E-state index in [0.717, 1.165) is 19.5 Å². The molecule has 1 aromatic carbocycles. The standard InChI is InChI=1S/C15H23ClF2N4O.HI/c1-19-15(20-7-4-8-22(2)3)21-10-11-9-12(16)5-6-13(11)23-14(17)18;/h5-6,9,14H,4,7-8,10H2,1-3H3,(H2,19,20,21);1H. The molecule has 5 nitrogen and oxygen atoms in total. The number of halogens is 4. The first-order valence-corrected chi connectivity index (χ1v) is 7.62. The third-order valence-corrected chi connectivity index (χ3v) is 3.22. The molecule has 24 heavy (non-hydrogen) atoms. The molecule has 0 unspecified atom stereocenters. The fraction of sp³-hybridized carbons (Fsp3) is 0.533. The van der Waals surface area contributed by atoms with Crippen LogP contribution in [0.25, 0.3) is 0 Å². The van der Waals surface area contributed by atoms with Crippen LogP contribution in [0.2, 0.25) is 5.02 Å². The van der Waals surface area contributed by atoms with Gasteiger partial charge in [0.05, 0.1) is 0 Å². The molecule has 0 bridgehead atoms. The fourth-order valence-corrected chi connectivity index (χ4v) is 2.09. The van der Waals surface area contributed by atoms with Crippen molar-refractivity contribution in [2.24, 2.45) is 4.99 Å². The molecule has 0 fully saturated rings. The molecule has 0 atom stereocenters. The minimum Gasteiger partial charge on any atom is -0.434 e. The molecule has 0 heterocycles. The van der Waals surface area contributed by atoms with Gasteiger partial charge < -0.3 is 20.3 Å². The molecular formula is C15H24ClF2IN4O. The van der Waals surface area contributed by atoms with Crippen LogP contribution < -0.4 is 15.4 Å². The van der Waals surface area contributed by atoms with Crippen molar-refractivity contribution >= 4 is 41.5 Å². The number of hydrogen-bond donors (Lipinski definition) is 2. The van der Waals surface area contributed by atoms with Crippen LogP contribution in [-0.2, 0) is 6.54 Å². The molecular weight excluding hydrogens is 453 g/mol. The predicted octanol–water partition coefficient (Wildman–Crippen LogP) is 3.18. The van der Waals surface area contributed by atoms with E-state index in [0.29, 0.717) is 16.5 Å². The quantitative estimate of drug-likeness (QED) is 0.262. The summed E-state index contributed by atoms with van der Waals surface area (Å²) in [5.41, 5.74) is 0.536. The zero-order chi connectivity index (χ0) is 17.2. The summed E-state index contributed by atoms with van der Waals surface area (Å²) in [5, 5.41) is 6.67. The first kappa shape index (κ1) is 23.1. The third kappa shape index (κ3) is 9.43. The highest BCUT2D eigenvalue weighted by atomic mass is 127. The van der Waals surface area contributed by atoms with Gasteiger partial charge in [0.2, 0.25) is 0 Å². The van der Waals surface area contributed by atoms with Crippen molar-refractivity contribution in [3.63, 3.8) is 0 Å². The van der Waals surface area contributed by atoms with Crippen molar-refractivity contribution < 1.29 is 13.5 Å². The van der Waals surface area contributed by atoms with E-state index in [9.17, 15) is 8.78 Å². The van der Waals surface area contributed by atoms with Crippen LogP contribution in [0.5, 0.6) is 5.75 Å². The summed E-state index contributed by atoms with van der Waals surface area (Å²) in [6, 6.07) is 4.53. The Labute approximate surface area is 163 Å². The number of nitrogens with one attached hydrogen (secondary N) is 2. The maximum Gasteiger partial charge on any atom is 0.387 e. The molecule has 0 spiro atoms. The summed E-state index contributed by atoms with van der Waals surface area (Å²) in [6.07, 6.45) is 0.963. The average molecular weight is 477 g/mol. The van der Waals surface area contributed by atoms with Crippen LogP contribution in [0, 0.1) is 0 Å². The second kappa shape index (κ2) is 12.5. The van der Waals surface area contributed by atoms with E-state index in [2.05, 4.69) is 25.3 Å². The molecule has 1 aromatic rings. The van der Waals surface area contributed by atoms with Crippen molar-refractivity contribution in [3.8, 4) is 5.75 Å². The minimum atomic E-state index is -2.88.